The van der Waals surface area contributed by atoms with E-state index >= 15 is 0 Å². The highest BCUT2D eigenvalue weighted by molar-refractivity contribution is 8.00. The number of esters is 1. The van der Waals surface area contributed by atoms with Crippen molar-refractivity contribution in [3.8, 4) is 0 Å². The quantitative estimate of drug-likeness (QED) is 0.496. The van der Waals surface area contributed by atoms with Crippen molar-refractivity contribution < 1.29 is 14.3 Å². The van der Waals surface area contributed by atoms with Crippen LogP contribution in [0.25, 0.3) is 0 Å². The molecule has 2 aromatic rings. The number of rotatable bonds is 6. The van der Waals surface area contributed by atoms with Gasteiger partial charge in [0.2, 0.25) is 11.0 Å². The van der Waals surface area contributed by atoms with Gasteiger partial charge in [-0.3, -0.25) is 4.79 Å². The first-order valence-electron chi connectivity index (χ1n) is 6.55. The van der Waals surface area contributed by atoms with Crippen LogP contribution >= 0.6 is 23.1 Å². The topological polar surface area (TPSA) is 81.2 Å². The molecule has 1 aromatic heterocycles. The summed E-state index contributed by atoms with van der Waals surface area (Å²) in [5.74, 6) is 0.281. The lowest BCUT2D eigenvalue weighted by Crippen LogP contribution is -2.08. The monoisotopic (exact) mass is 337 g/mol. The van der Waals surface area contributed by atoms with Gasteiger partial charge in [-0.1, -0.05) is 42.2 Å². The third-order valence-electron chi connectivity index (χ3n) is 2.71. The molecule has 0 aliphatic rings. The van der Waals surface area contributed by atoms with E-state index in [9.17, 15) is 9.59 Å². The van der Waals surface area contributed by atoms with Crippen LogP contribution in [0.4, 0.5) is 5.13 Å². The van der Waals surface area contributed by atoms with Crippen LogP contribution in [0.5, 0.6) is 0 Å². The Kier molecular flexibility index (Phi) is 5.91. The van der Waals surface area contributed by atoms with Crippen LogP contribution in [0.3, 0.4) is 0 Å². The highest BCUT2D eigenvalue weighted by atomic mass is 32.2. The van der Waals surface area contributed by atoms with Crippen molar-refractivity contribution in [3.05, 3.63) is 35.4 Å². The maximum Gasteiger partial charge on any atom is 0.337 e. The number of hydrogen-bond donors (Lipinski definition) is 1. The van der Waals surface area contributed by atoms with Crippen molar-refractivity contribution in [3.63, 3.8) is 0 Å². The Balaban J connectivity index is 1.90. The molecule has 0 saturated carbocycles. The van der Waals surface area contributed by atoms with E-state index in [1.165, 1.54) is 30.2 Å². The average Bonchev–Trinajstić information content (AvgIpc) is 3.00. The van der Waals surface area contributed by atoms with Gasteiger partial charge in [-0.05, 0) is 17.7 Å². The maximum absolute atomic E-state index is 11.3. The number of nitrogens with zero attached hydrogens (tertiary/aromatic N) is 2. The number of hydrogen-bond acceptors (Lipinski definition) is 7. The number of aromatic nitrogens is 2. The number of nitrogens with one attached hydrogen (secondary N) is 1. The highest BCUT2D eigenvalue weighted by Crippen LogP contribution is 2.28. The van der Waals surface area contributed by atoms with E-state index in [4.69, 9.17) is 0 Å². The predicted octanol–water partition coefficient (Wildman–Crippen LogP) is 2.97. The summed E-state index contributed by atoms with van der Waals surface area (Å²) in [6, 6.07) is 7.21. The fraction of sp³-hybridized carbons (Fsp3) is 0.286. The van der Waals surface area contributed by atoms with Crippen LogP contribution in [0.15, 0.2) is 28.6 Å². The molecule has 2 rings (SSSR count). The van der Waals surface area contributed by atoms with Gasteiger partial charge in [0, 0.05) is 12.2 Å². The Hall–Kier alpha value is -1.93. The standard InChI is InChI=1S/C14H15N3O3S2/c1-3-11(18)15-13-16-17-14(22-13)21-8-9-4-6-10(7-5-9)12(19)20-2/h4-7H,3,8H2,1-2H3,(H,15,16,18). The fourth-order valence-electron chi connectivity index (χ4n) is 1.53. The highest BCUT2D eigenvalue weighted by Gasteiger charge is 2.08. The summed E-state index contributed by atoms with van der Waals surface area (Å²) >= 11 is 2.87. The van der Waals surface area contributed by atoms with Crippen LogP contribution in [-0.4, -0.2) is 29.2 Å². The van der Waals surface area contributed by atoms with Gasteiger partial charge < -0.3 is 10.1 Å². The Morgan fingerprint density at radius 3 is 2.64 bits per heavy atom. The third-order valence-corrected chi connectivity index (χ3v) is 4.75. The summed E-state index contributed by atoms with van der Waals surface area (Å²) in [5, 5.41) is 11.1. The van der Waals surface area contributed by atoms with Gasteiger partial charge in [0.25, 0.3) is 0 Å². The molecular formula is C14H15N3O3S2. The molecule has 1 N–H and O–H groups in total. The number of carbonyl (C=O) groups excluding carboxylic acids is 2. The van der Waals surface area contributed by atoms with Gasteiger partial charge >= 0.3 is 5.97 Å². The summed E-state index contributed by atoms with van der Waals surface area (Å²) in [6.07, 6.45) is 0.411. The molecule has 1 aromatic carbocycles. The molecule has 1 heterocycles. The van der Waals surface area contributed by atoms with E-state index in [1.807, 2.05) is 12.1 Å². The normalized spacial score (nSPS) is 10.3. The lowest BCUT2D eigenvalue weighted by molar-refractivity contribution is -0.115. The second-order valence-electron chi connectivity index (χ2n) is 4.25. The van der Waals surface area contributed by atoms with E-state index in [0.29, 0.717) is 22.9 Å². The van der Waals surface area contributed by atoms with Gasteiger partial charge in [0.15, 0.2) is 4.34 Å². The Labute approximate surface area is 136 Å². The van der Waals surface area contributed by atoms with Crippen LogP contribution in [0, 0.1) is 0 Å². The van der Waals surface area contributed by atoms with Crippen LogP contribution in [0.2, 0.25) is 0 Å². The zero-order chi connectivity index (χ0) is 15.9. The molecule has 0 bridgehead atoms. The van der Waals surface area contributed by atoms with Crippen LogP contribution in [0.1, 0.15) is 29.3 Å². The molecule has 0 saturated heterocycles. The van der Waals surface area contributed by atoms with Crippen molar-refractivity contribution in [2.24, 2.45) is 0 Å². The molecule has 0 atom stereocenters. The average molecular weight is 337 g/mol. The second kappa shape index (κ2) is 7.90. The summed E-state index contributed by atoms with van der Waals surface area (Å²) in [4.78, 5) is 22.6. The van der Waals surface area contributed by atoms with Crippen molar-refractivity contribution in [2.45, 2.75) is 23.4 Å². The number of ether oxygens (including phenoxy) is 1. The molecule has 0 spiro atoms. The van der Waals surface area contributed by atoms with Crippen LogP contribution < -0.4 is 5.32 Å². The molecule has 116 valence electrons. The first-order chi connectivity index (χ1) is 10.6. The zero-order valence-electron chi connectivity index (χ0n) is 12.2. The largest absolute Gasteiger partial charge is 0.465 e. The smallest absolute Gasteiger partial charge is 0.337 e. The minimum absolute atomic E-state index is 0.0777. The zero-order valence-corrected chi connectivity index (χ0v) is 13.8. The first kappa shape index (κ1) is 16.4. The van der Waals surface area contributed by atoms with E-state index in [0.717, 1.165) is 9.90 Å². The summed E-state index contributed by atoms with van der Waals surface area (Å²) < 4.78 is 5.43. The second-order valence-corrected chi connectivity index (χ2v) is 6.45. The molecule has 0 unspecified atom stereocenters. The SMILES string of the molecule is CCC(=O)Nc1nnc(SCc2ccc(C(=O)OC)cc2)s1. The molecule has 6 nitrogen and oxygen atoms in total. The summed E-state index contributed by atoms with van der Waals surface area (Å²) in [6.45, 7) is 1.78. The Bertz CT molecular complexity index is 656. The maximum atomic E-state index is 11.3. The van der Waals surface area contributed by atoms with Crippen molar-refractivity contribution in [1.82, 2.24) is 10.2 Å². The van der Waals surface area contributed by atoms with Crippen LogP contribution in [-0.2, 0) is 15.3 Å². The van der Waals surface area contributed by atoms with Crippen molar-refractivity contribution in [2.75, 3.05) is 12.4 Å². The Morgan fingerprint density at radius 2 is 2.00 bits per heavy atom. The fourth-order valence-corrected chi connectivity index (χ4v) is 3.25. The molecule has 0 radical (unpaired) electrons. The molecular weight excluding hydrogens is 322 g/mol. The molecule has 22 heavy (non-hydrogen) atoms. The minimum atomic E-state index is -0.348. The number of carbonyl (C=O) groups is 2. The lowest BCUT2D eigenvalue weighted by Gasteiger charge is -2.01. The minimum Gasteiger partial charge on any atom is -0.465 e. The number of benzene rings is 1. The predicted molar refractivity (Wildman–Crippen MR) is 86.2 cm³/mol. The number of amides is 1. The van der Waals surface area contributed by atoms with E-state index < -0.39 is 0 Å². The molecule has 0 aliphatic carbocycles. The van der Waals surface area contributed by atoms with Crippen molar-refractivity contribution in [1.29, 1.82) is 0 Å². The molecule has 0 aliphatic heterocycles. The van der Waals surface area contributed by atoms with E-state index in [1.54, 1.807) is 19.1 Å². The number of anilines is 1. The Morgan fingerprint density at radius 1 is 1.27 bits per heavy atom. The molecule has 8 heteroatoms. The van der Waals surface area contributed by atoms with Gasteiger partial charge in [-0.15, -0.1) is 10.2 Å². The molecule has 1 amide bonds. The molecule has 0 fully saturated rings. The van der Waals surface area contributed by atoms with E-state index in [2.05, 4.69) is 20.3 Å². The van der Waals surface area contributed by atoms with E-state index in [-0.39, 0.29) is 11.9 Å². The number of methoxy groups -OCH3 is 1. The number of thioether (sulfide) groups is 1. The van der Waals surface area contributed by atoms with Gasteiger partial charge in [-0.25, -0.2) is 4.79 Å². The third kappa shape index (κ3) is 4.54. The summed E-state index contributed by atoms with van der Waals surface area (Å²) in [5.41, 5.74) is 1.59. The summed E-state index contributed by atoms with van der Waals surface area (Å²) in [7, 11) is 1.36. The van der Waals surface area contributed by atoms with Gasteiger partial charge in [-0.2, -0.15) is 0 Å². The van der Waals surface area contributed by atoms with Gasteiger partial charge in [0.05, 0.1) is 12.7 Å². The van der Waals surface area contributed by atoms with Gasteiger partial charge in [0.1, 0.15) is 0 Å². The van der Waals surface area contributed by atoms with Crippen molar-refractivity contribution >= 4 is 40.1 Å². The lowest BCUT2D eigenvalue weighted by atomic mass is 10.1. The first-order valence-corrected chi connectivity index (χ1v) is 8.36.